The number of nitrogens with two attached hydrogens (primary N) is 1. The molecule has 7 heteroatoms. The monoisotopic (exact) mass is 419 g/mol. The topological polar surface area (TPSA) is 110 Å². The normalized spacial score (nSPS) is 29.4. The number of carbonyl (C=O) groups is 4. The molecule has 3 aliphatic rings. The summed E-state index contributed by atoms with van der Waals surface area (Å²) in [5, 5.41) is 2.81. The Morgan fingerprint density at radius 2 is 1.77 bits per heavy atom. The fourth-order valence-corrected chi connectivity index (χ4v) is 5.15. The maximum atomic E-state index is 13.4. The summed E-state index contributed by atoms with van der Waals surface area (Å²) in [5.41, 5.74) is 5.01. The minimum absolute atomic E-state index is 0.0130. The van der Waals surface area contributed by atoms with Crippen molar-refractivity contribution >= 4 is 23.5 Å². The van der Waals surface area contributed by atoms with Gasteiger partial charge in [0.25, 0.3) is 5.91 Å². The third-order valence-corrected chi connectivity index (χ3v) is 8.10. The van der Waals surface area contributed by atoms with Gasteiger partial charge in [0.15, 0.2) is 0 Å². The standard InChI is InChI=1S/C23H37N3O4/c1-12(22(2,3)4)21(30)26-11-14-16(23(14,5)6)17(26)20(29)25-15(18(27)19(24)28)10-13-8-7-9-13/h12-17H,7-11H2,1-6H3,(H2,24,28)(H,25,29)/t12-,14+,15?,16+,17+/m1/s1. The van der Waals surface area contributed by atoms with E-state index in [0.717, 1.165) is 19.3 Å². The molecule has 3 rings (SSSR count). The van der Waals surface area contributed by atoms with Crippen molar-refractivity contribution in [2.45, 2.75) is 79.3 Å². The quantitative estimate of drug-likeness (QED) is 0.614. The minimum Gasteiger partial charge on any atom is -0.363 e. The number of ketones is 1. The predicted molar refractivity (Wildman–Crippen MR) is 113 cm³/mol. The molecule has 0 aromatic carbocycles. The second-order valence-electron chi connectivity index (χ2n) is 11.3. The molecule has 2 saturated carbocycles. The fourth-order valence-electron chi connectivity index (χ4n) is 5.15. The zero-order valence-electron chi connectivity index (χ0n) is 19.2. The molecule has 0 bridgehead atoms. The lowest BCUT2D eigenvalue weighted by Crippen LogP contribution is -2.56. The maximum absolute atomic E-state index is 13.4. The van der Waals surface area contributed by atoms with Gasteiger partial charge in [0.05, 0.1) is 6.04 Å². The third kappa shape index (κ3) is 4.00. The largest absolute Gasteiger partial charge is 0.363 e. The van der Waals surface area contributed by atoms with Crippen LogP contribution in [0.2, 0.25) is 0 Å². The Hall–Kier alpha value is -1.92. The molecule has 0 radical (unpaired) electrons. The molecular weight excluding hydrogens is 382 g/mol. The molecule has 1 saturated heterocycles. The van der Waals surface area contributed by atoms with Crippen molar-refractivity contribution in [1.29, 1.82) is 0 Å². The first kappa shape index (κ1) is 22.8. The summed E-state index contributed by atoms with van der Waals surface area (Å²) in [5.74, 6) is -1.69. The van der Waals surface area contributed by atoms with E-state index < -0.39 is 23.8 Å². The molecule has 3 fully saturated rings. The van der Waals surface area contributed by atoms with E-state index in [9.17, 15) is 19.2 Å². The van der Waals surface area contributed by atoms with Crippen molar-refractivity contribution in [3.8, 4) is 0 Å². The Morgan fingerprint density at radius 3 is 2.23 bits per heavy atom. The molecular formula is C23H37N3O4. The van der Waals surface area contributed by atoms with Crippen LogP contribution < -0.4 is 11.1 Å². The van der Waals surface area contributed by atoms with Crippen LogP contribution in [0.1, 0.15) is 67.2 Å². The first-order valence-electron chi connectivity index (χ1n) is 11.2. The Labute approximate surface area is 179 Å². The molecule has 7 nitrogen and oxygen atoms in total. The molecule has 3 N–H and O–H groups in total. The van der Waals surface area contributed by atoms with Crippen molar-refractivity contribution < 1.29 is 19.2 Å². The summed E-state index contributed by atoms with van der Waals surface area (Å²) < 4.78 is 0. The van der Waals surface area contributed by atoms with Gasteiger partial charge in [0.2, 0.25) is 17.6 Å². The van der Waals surface area contributed by atoms with Crippen LogP contribution in [0.25, 0.3) is 0 Å². The average Bonchev–Trinajstić information content (AvgIpc) is 2.95. The van der Waals surface area contributed by atoms with Crippen LogP contribution in [0.4, 0.5) is 0 Å². The van der Waals surface area contributed by atoms with E-state index in [1.165, 1.54) is 0 Å². The van der Waals surface area contributed by atoms with E-state index in [4.69, 9.17) is 5.73 Å². The summed E-state index contributed by atoms with van der Waals surface area (Å²) in [6, 6.07) is -1.51. The van der Waals surface area contributed by atoms with Gasteiger partial charge in [-0.3, -0.25) is 19.2 Å². The smallest absolute Gasteiger partial charge is 0.287 e. The van der Waals surface area contributed by atoms with Gasteiger partial charge in [0.1, 0.15) is 6.04 Å². The number of fused-ring (bicyclic) bond motifs is 1. The molecule has 3 amide bonds. The first-order chi connectivity index (χ1) is 13.8. The Morgan fingerprint density at radius 1 is 1.17 bits per heavy atom. The van der Waals surface area contributed by atoms with Crippen molar-refractivity contribution in [2.75, 3.05) is 6.54 Å². The number of hydrogen-bond acceptors (Lipinski definition) is 4. The molecule has 168 valence electrons. The molecule has 0 aromatic rings. The van der Waals surface area contributed by atoms with E-state index in [1.807, 2.05) is 27.7 Å². The summed E-state index contributed by atoms with van der Waals surface area (Å²) in [7, 11) is 0. The summed E-state index contributed by atoms with van der Waals surface area (Å²) in [4.78, 5) is 52.2. The van der Waals surface area contributed by atoms with Gasteiger partial charge >= 0.3 is 0 Å². The van der Waals surface area contributed by atoms with Crippen LogP contribution in [0, 0.1) is 34.5 Å². The Bertz CT molecular complexity index is 750. The number of amides is 3. The predicted octanol–water partition coefficient (Wildman–Crippen LogP) is 1.88. The summed E-state index contributed by atoms with van der Waals surface area (Å²) >= 11 is 0. The lowest BCUT2D eigenvalue weighted by Gasteiger charge is -2.36. The number of piperidine rings is 1. The number of hydrogen-bond donors (Lipinski definition) is 2. The van der Waals surface area contributed by atoms with Crippen molar-refractivity contribution in [2.24, 2.45) is 40.2 Å². The van der Waals surface area contributed by atoms with Crippen LogP contribution in [-0.4, -0.2) is 47.0 Å². The molecule has 5 atom stereocenters. The van der Waals surface area contributed by atoms with Crippen LogP contribution in [0.15, 0.2) is 0 Å². The molecule has 0 spiro atoms. The van der Waals surface area contributed by atoms with Gasteiger partial charge in [-0.05, 0) is 35.0 Å². The zero-order chi connectivity index (χ0) is 22.6. The van der Waals surface area contributed by atoms with E-state index >= 15 is 0 Å². The van der Waals surface area contributed by atoms with E-state index in [1.54, 1.807) is 4.90 Å². The highest BCUT2D eigenvalue weighted by atomic mass is 16.2. The van der Waals surface area contributed by atoms with E-state index in [-0.39, 0.29) is 40.4 Å². The third-order valence-electron chi connectivity index (χ3n) is 8.10. The molecule has 2 aliphatic carbocycles. The fraction of sp³-hybridized carbons (Fsp3) is 0.826. The van der Waals surface area contributed by atoms with Gasteiger partial charge in [0, 0.05) is 12.5 Å². The molecule has 1 heterocycles. The number of nitrogens with one attached hydrogen (secondary N) is 1. The molecule has 1 unspecified atom stereocenters. The van der Waals surface area contributed by atoms with Gasteiger partial charge in [-0.25, -0.2) is 0 Å². The number of primary amides is 1. The van der Waals surface area contributed by atoms with Crippen molar-refractivity contribution in [3.05, 3.63) is 0 Å². The second-order valence-corrected chi connectivity index (χ2v) is 11.3. The molecule has 1 aliphatic heterocycles. The SMILES string of the molecule is C[C@H](C(=O)N1C[C@H]2[C@@H]([C@H]1C(=O)NC(CC1CCC1)C(=O)C(N)=O)C2(C)C)C(C)(C)C. The van der Waals surface area contributed by atoms with E-state index in [2.05, 4.69) is 19.2 Å². The summed E-state index contributed by atoms with van der Waals surface area (Å²) in [6.07, 6.45) is 3.52. The lowest BCUT2D eigenvalue weighted by atomic mass is 9.80. The molecule has 30 heavy (non-hydrogen) atoms. The minimum atomic E-state index is -1.02. The summed E-state index contributed by atoms with van der Waals surface area (Å²) in [6.45, 7) is 12.8. The van der Waals surface area contributed by atoms with Gasteiger partial charge in [-0.1, -0.05) is 60.8 Å². The molecule has 0 aromatic heterocycles. The van der Waals surface area contributed by atoms with Crippen molar-refractivity contribution in [1.82, 2.24) is 10.2 Å². The van der Waals surface area contributed by atoms with Crippen LogP contribution in [-0.2, 0) is 19.2 Å². The van der Waals surface area contributed by atoms with Crippen LogP contribution in [0.3, 0.4) is 0 Å². The Balaban J connectivity index is 1.79. The number of likely N-dealkylation sites (tertiary alicyclic amines) is 1. The first-order valence-corrected chi connectivity index (χ1v) is 11.2. The highest BCUT2D eigenvalue weighted by Crippen LogP contribution is 2.65. The zero-order valence-corrected chi connectivity index (χ0v) is 19.2. The van der Waals surface area contributed by atoms with Gasteiger partial charge in [-0.2, -0.15) is 0 Å². The maximum Gasteiger partial charge on any atom is 0.287 e. The number of nitrogens with zero attached hydrogens (tertiary/aromatic N) is 1. The highest BCUT2D eigenvalue weighted by molar-refractivity contribution is 6.37. The highest BCUT2D eigenvalue weighted by Gasteiger charge is 2.69. The lowest BCUT2D eigenvalue weighted by molar-refractivity contribution is -0.146. The van der Waals surface area contributed by atoms with Crippen LogP contribution >= 0.6 is 0 Å². The van der Waals surface area contributed by atoms with Gasteiger partial charge in [-0.15, -0.1) is 0 Å². The number of carbonyl (C=O) groups excluding carboxylic acids is 4. The van der Waals surface area contributed by atoms with Crippen LogP contribution in [0.5, 0.6) is 0 Å². The second kappa shape index (κ2) is 7.65. The van der Waals surface area contributed by atoms with E-state index in [0.29, 0.717) is 18.9 Å². The van der Waals surface area contributed by atoms with Gasteiger partial charge < -0.3 is 16.0 Å². The van der Waals surface area contributed by atoms with Crippen molar-refractivity contribution in [3.63, 3.8) is 0 Å². The number of rotatable bonds is 7. The number of Topliss-reactive ketones (excluding diaryl/α,β-unsaturated/α-hetero) is 1. The average molecular weight is 420 g/mol. The Kier molecular flexibility index (Phi) is 5.80.